The van der Waals surface area contributed by atoms with Crippen molar-refractivity contribution in [3.63, 3.8) is 0 Å². The highest BCUT2D eigenvalue weighted by Crippen LogP contribution is 2.32. The van der Waals surface area contributed by atoms with E-state index in [1.807, 2.05) is 25.1 Å². The second kappa shape index (κ2) is 5.94. The zero-order valence-corrected chi connectivity index (χ0v) is 13.3. The summed E-state index contributed by atoms with van der Waals surface area (Å²) in [5.41, 5.74) is 5.29. The van der Waals surface area contributed by atoms with Gasteiger partial charge in [-0.2, -0.15) is 4.98 Å². The molecule has 0 fully saturated rings. The predicted molar refractivity (Wildman–Crippen MR) is 81.0 cm³/mol. The Kier molecular flexibility index (Phi) is 4.46. The van der Waals surface area contributed by atoms with E-state index in [-0.39, 0.29) is 6.04 Å². The summed E-state index contributed by atoms with van der Waals surface area (Å²) >= 11 is 4.75. The molecule has 0 aliphatic heterocycles. The van der Waals surface area contributed by atoms with Gasteiger partial charge in [-0.25, -0.2) is 0 Å². The fourth-order valence-electron chi connectivity index (χ4n) is 1.53. The summed E-state index contributed by atoms with van der Waals surface area (Å²) in [5, 5.41) is 2.81. The van der Waals surface area contributed by atoms with Crippen molar-refractivity contribution >= 4 is 27.7 Å². The molecule has 106 valence electrons. The summed E-state index contributed by atoms with van der Waals surface area (Å²) in [6.07, 6.45) is 0. The summed E-state index contributed by atoms with van der Waals surface area (Å²) in [6.45, 7) is 1.90. The zero-order chi connectivity index (χ0) is 14.9. The van der Waals surface area contributed by atoms with E-state index in [1.165, 1.54) is 16.4 Å². The molecule has 3 N–H and O–H groups in total. The molecule has 8 heteroatoms. The topological polar surface area (TPSA) is 93.8 Å². The van der Waals surface area contributed by atoms with Crippen LogP contribution in [0.3, 0.4) is 0 Å². The lowest BCUT2D eigenvalue weighted by molar-refractivity contribution is 0.596. The van der Waals surface area contributed by atoms with Crippen LogP contribution in [0, 0.1) is 0 Å². The largest absolute Gasteiger partial charge is 0.339 e. The third-order valence-corrected chi connectivity index (χ3v) is 4.67. The van der Waals surface area contributed by atoms with Gasteiger partial charge >= 0.3 is 11.1 Å². The first kappa shape index (κ1) is 15.0. The van der Waals surface area contributed by atoms with E-state index in [0.717, 1.165) is 14.9 Å². The number of nitrogens with zero attached hydrogens (tertiary/aromatic N) is 2. The van der Waals surface area contributed by atoms with E-state index in [2.05, 4.69) is 26.0 Å². The van der Waals surface area contributed by atoms with Gasteiger partial charge in [0.15, 0.2) is 5.16 Å². The number of hydrogen-bond acceptors (Lipinski definition) is 5. The van der Waals surface area contributed by atoms with Crippen molar-refractivity contribution in [2.24, 2.45) is 12.8 Å². The van der Waals surface area contributed by atoms with Crippen LogP contribution in [0.4, 0.5) is 0 Å². The number of H-pyrrole nitrogens is 1. The Labute approximate surface area is 127 Å². The van der Waals surface area contributed by atoms with Gasteiger partial charge in [-0.3, -0.25) is 19.4 Å². The molecule has 0 spiro atoms. The normalized spacial score (nSPS) is 12.4. The number of aryl methyl sites for hydroxylation is 1. The van der Waals surface area contributed by atoms with Crippen LogP contribution in [-0.2, 0) is 7.05 Å². The monoisotopic (exact) mass is 356 g/mol. The third-order valence-electron chi connectivity index (χ3n) is 2.63. The maximum Gasteiger partial charge on any atom is 0.339 e. The summed E-state index contributed by atoms with van der Waals surface area (Å²) in [5.74, 6) is 0. The number of hydrogen-bond donors (Lipinski definition) is 2. The van der Waals surface area contributed by atoms with E-state index in [1.54, 1.807) is 7.05 Å². The number of aromatic amines is 1. The second-order valence-electron chi connectivity index (χ2n) is 4.28. The van der Waals surface area contributed by atoms with Gasteiger partial charge in [0, 0.05) is 22.5 Å². The van der Waals surface area contributed by atoms with E-state index in [0.29, 0.717) is 5.16 Å². The SMILES string of the molecule is C[C@@H](N)c1ccc(Sc2nc(=O)c(=O)[nH]n2C)c(Br)c1. The zero-order valence-electron chi connectivity index (χ0n) is 10.9. The number of rotatable bonds is 3. The van der Waals surface area contributed by atoms with Crippen LogP contribution in [0.5, 0.6) is 0 Å². The smallest absolute Gasteiger partial charge is 0.324 e. The third kappa shape index (κ3) is 3.20. The quantitative estimate of drug-likeness (QED) is 0.810. The van der Waals surface area contributed by atoms with Crippen molar-refractivity contribution in [3.05, 3.63) is 48.9 Å². The fraction of sp³-hybridized carbons (Fsp3) is 0.250. The molecule has 0 unspecified atom stereocenters. The minimum Gasteiger partial charge on any atom is -0.324 e. The molecule has 2 aromatic rings. The molecule has 1 aromatic carbocycles. The van der Waals surface area contributed by atoms with Gasteiger partial charge < -0.3 is 5.73 Å². The molecule has 2 rings (SSSR count). The molecule has 1 atom stereocenters. The Morgan fingerprint density at radius 1 is 1.45 bits per heavy atom. The van der Waals surface area contributed by atoms with Crippen molar-refractivity contribution in [1.29, 1.82) is 0 Å². The lowest BCUT2D eigenvalue weighted by atomic mass is 10.1. The van der Waals surface area contributed by atoms with Crippen molar-refractivity contribution in [1.82, 2.24) is 14.8 Å². The predicted octanol–water partition coefficient (Wildman–Crippen LogP) is 1.40. The first-order chi connectivity index (χ1) is 9.38. The number of halogens is 1. The maximum atomic E-state index is 11.3. The van der Waals surface area contributed by atoms with E-state index in [9.17, 15) is 9.59 Å². The molecule has 0 aliphatic carbocycles. The molecular weight excluding hydrogens is 344 g/mol. The highest BCUT2D eigenvalue weighted by atomic mass is 79.9. The van der Waals surface area contributed by atoms with Crippen LogP contribution in [0.15, 0.2) is 42.3 Å². The first-order valence-corrected chi connectivity index (χ1v) is 7.39. The van der Waals surface area contributed by atoms with Crippen LogP contribution >= 0.6 is 27.7 Å². The lowest BCUT2D eigenvalue weighted by Gasteiger charge is -2.10. The molecule has 0 saturated heterocycles. The Balaban J connectivity index is 2.38. The maximum absolute atomic E-state index is 11.3. The minimum absolute atomic E-state index is 0.0547. The van der Waals surface area contributed by atoms with Gasteiger partial charge in [0.2, 0.25) is 0 Å². The molecule has 6 nitrogen and oxygen atoms in total. The molecule has 1 aromatic heterocycles. The van der Waals surface area contributed by atoms with E-state index >= 15 is 0 Å². The Morgan fingerprint density at radius 2 is 2.15 bits per heavy atom. The molecule has 0 bridgehead atoms. The van der Waals surface area contributed by atoms with Crippen LogP contribution < -0.4 is 16.9 Å². The van der Waals surface area contributed by atoms with E-state index < -0.39 is 11.1 Å². The van der Waals surface area contributed by atoms with Crippen molar-refractivity contribution < 1.29 is 0 Å². The fourth-order valence-corrected chi connectivity index (χ4v) is 2.97. The molecule has 1 heterocycles. The summed E-state index contributed by atoms with van der Waals surface area (Å²) in [4.78, 5) is 27.1. The lowest BCUT2D eigenvalue weighted by Crippen LogP contribution is -2.33. The van der Waals surface area contributed by atoms with Gasteiger partial charge in [-0.05, 0) is 52.3 Å². The average molecular weight is 357 g/mol. The van der Waals surface area contributed by atoms with Gasteiger partial charge in [-0.1, -0.05) is 6.07 Å². The van der Waals surface area contributed by atoms with E-state index in [4.69, 9.17) is 5.73 Å². The van der Waals surface area contributed by atoms with Crippen LogP contribution in [0.25, 0.3) is 0 Å². The number of nitrogens with two attached hydrogens (primary N) is 1. The Hall–Kier alpha value is -1.38. The standard InChI is InChI=1S/C12H13BrN4O2S/c1-6(14)7-3-4-9(8(13)5-7)20-12-15-10(18)11(19)16-17(12)2/h3-6H,14H2,1-2H3,(H,16,19)/t6-/m1/s1. The Morgan fingerprint density at radius 3 is 2.75 bits per heavy atom. The van der Waals surface area contributed by atoms with Crippen molar-refractivity contribution in [2.75, 3.05) is 0 Å². The molecule has 0 aliphatic rings. The second-order valence-corrected chi connectivity index (χ2v) is 6.14. The highest BCUT2D eigenvalue weighted by molar-refractivity contribution is 9.10. The summed E-state index contributed by atoms with van der Waals surface area (Å²) < 4.78 is 2.28. The molecule has 20 heavy (non-hydrogen) atoms. The van der Waals surface area contributed by atoms with Crippen LogP contribution in [0.1, 0.15) is 18.5 Å². The van der Waals surface area contributed by atoms with Gasteiger partial charge in [-0.15, -0.1) is 0 Å². The van der Waals surface area contributed by atoms with Gasteiger partial charge in [0.05, 0.1) is 0 Å². The highest BCUT2D eigenvalue weighted by Gasteiger charge is 2.10. The summed E-state index contributed by atoms with van der Waals surface area (Å²) in [7, 11) is 1.63. The minimum atomic E-state index is -0.797. The number of nitrogens with one attached hydrogen (secondary N) is 1. The number of aromatic nitrogens is 3. The average Bonchev–Trinajstić information content (AvgIpc) is 2.37. The Bertz CT molecular complexity index is 754. The van der Waals surface area contributed by atoms with Crippen molar-refractivity contribution in [3.8, 4) is 0 Å². The molecule has 0 radical (unpaired) electrons. The van der Waals surface area contributed by atoms with Crippen LogP contribution in [-0.4, -0.2) is 14.8 Å². The van der Waals surface area contributed by atoms with Gasteiger partial charge in [0.1, 0.15) is 0 Å². The van der Waals surface area contributed by atoms with Crippen molar-refractivity contribution in [2.45, 2.75) is 23.0 Å². The van der Waals surface area contributed by atoms with Crippen LogP contribution in [0.2, 0.25) is 0 Å². The van der Waals surface area contributed by atoms with Gasteiger partial charge in [0.25, 0.3) is 0 Å². The number of benzene rings is 1. The molecular formula is C12H13BrN4O2S. The summed E-state index contributed by atoms with van der Waals surface area (Å²) in [6, 6.07) is 5.68. The molecule has 0 saturated carbocycles. The first-order valence-electron chi connectivity index (χ1n) is 5.78. The molecule has 0 amide bonds.